The molecule has 5 nitrogen and oxygen atoms in total. The first-order valence-electron chi connectivity index (χ1n) is 9.44. The summed E-state index contributed by atoms with van der Waals surface area (Å²) in [6.07, 6.45) is 1.70. The molecule has 6 heteroatoms. The average Bonchev–Trinajstić information content (AvgIpc) is 2.74. The van der Waals surface area contributed by atoms with E-state index in [2.05, 4.69) is 10.00 Å². The second-order valence-electron chi connectivity index (χ2n) is 6.79. The van der Waals surface area contributed by atoms with Crippen molar-refractivity contribution in [1.82, 2.24) is 14.7 Å². The number of benzene rings is 2. The van der Waals surface area contributed by atoms with Crippen molar-refractivity contribution in [2.24, 2.45) is 0 Å². The third-order valence-corrected chi connectivity index (χ3v) is 4.97. The maximum atomic E-state index is 13.9. The Bertz CT molecular complexity index is 998. The quantitative estimate of drug-likeness (QED) is 0.684. The van der Waals surface area contributed by atoms with Crippen LogP contribution in [0.4, 0.5) is 4.39 Å². The fourth-order valence-electron chi connectivity index (χ4n) is 3.47. The molecule has 144 valence electrons. The lowest BCUT2D eigenvalue weighted by Gasteiger charge is -2.26. The Morgan fingerprint density at radius 1 is 0.964 bits per heavy atom. The van der Waals surface area contributed by atoms with Crippen molar-refractivity contribution in [2.45, 2.75) is 6.54 Å². The van der Waals surface area contributed by atoms with Gasteiger partial charge in [0.1, 0.15) is 5.82 Å². The lowest BCUT2D eigenvalue weighted by molar-refractivity contribution is 0.0358. The van der Waals surface area contributed by atoms with Gasteiger partial charge >= 0.3 is 0 Å². The molecule has 0 bridgehead atoms. The SMILES string of the molecule is O=c1c(-c2cccc(F)c2)c(-c2ccccc2)cnn1CCN1CCOCC1. The van der Waals surface area contributed by atoms with Gasteiger partial charge in [0.25, 0.3) is 5.56 Å². The molecule has 0 saturated carbocycles. The van der Waals surface area contributed by atoms with Crippen molar-refractivity contribution < 1.29 is 9.13 Å². The molecule has 3 aromatic rings. The molecule has 28 heavy (non-hydrogen) atoms. The van der Waals surface area contributed by atoms with E-state index in [0.717, 1.165) is 25.2 Å². The van der Waals surface area contributed by atoms with E-state index in [1.807, 2.05) is 30.3 Å². The number of morpholine rings is 1. The molecule has 2 aromatic carbocycles. The Morgan fingerprint density at radius 2 is 1.71 bits per heavy atom. The molecule has 1 aromatic heterocycles. The number of nitrogens with zero attached hydrogens (tertiary/aromatic N) is 3. The summed E-state index contributed by atoms with van der Waals surface area (Å²) < 4.78 is 20.7. The lowest BCUT2D eigenvalue weighted by atomic mass is 9.97. The van der Waals surface area contributed by atoms with Gasteiger partial charge in [-0.15, -0.1) is 0 Å². The normalized spacial score (nSPS) is 14.9. The molecule has 1 fully saturated rings. The highest BCUT2D eigenvalue weighted by molar-refractivity contribution is 5.82. The second kappa shape index (κ2) is 8.46. The third kappa shape index (κ3) is 4.03. The van der Waals surface area contributed by atoms with E-state index in [1.165, 1.54) is 16.8 Å². The summed E-state index contributed by atoms with van der Waals surface area (Å²) in [5.74, 6) is -0.368. The summed E-state index contributed by atoms with van der Waals surface area (Å²) >= 11 is 0. The minimum atomic E-state index is -0.368. The van der Waals surface area contributed by atoms with Gasteiger partial charge in [0.05, 0.1) is 31.5 Å². The zero-order valence-electron chi connectivity index (χ0n) is 15.6. The Kier molecular flexibility index (Phi) is 5.60. The zero-order chi connectivity index (χ0) is 19.3. The molecule has 0 unspecified atom stereocenters. The second-order valence-corrected chi connectivity index (χ2v) is 6.79. The van der Waals surface area contributed by atoms with Crippen LogP contribution in [0, 0.1) is 5.82 Å². The number of ether oxygens (including phenoxy) is 1. The zero-order valence-corrected chi connectivity index (χ0v) is 15.6. The highest BCUT2D eigenvalue weighted by Gasteiger charge is 2.17. The van der Waals surface area contributed by atoms with Crippen LogP contribution in [0.1, 0.15) is 0 Å². The van der Waals surface area contributed by atoms with E-state index in [9.17, 15) is 9.18 Å². The van der Waals surface area contributed by atoms with Crippen molar-refractivity contribution in [3.63, 3.8) is 0 Å². The van der Waals surface area contributed by atoms with Crippen LogP contribution < -0.4 is 5.56 Å². The van der Waals surface area contributed by atoms with Crippen LogP contribution in [0.15, 0.2) is 65.6 Å². The van der Waals surface area contributed by atoms with Crippen molar-refractivity contribution in [3.05, 3.63) is 77.0 Å². The Hall–Kier alpha value is -2.83. The molecule has 0 aliphatic carbocycles. The van der Waals surface area contributed by atoms with Crippen molar-refractivity contribution in [2.75, 3.05) is 32.8 Å². The van der Waals surface area contributed by atoms with E-state index >= 15 is 0 Å². The van der Waals surface area contributed by atoms with Gasteiger partial charge in [-0.3, -0.25) is 9.69 Å². The van der Waals surface area contributed by atoms with Gasteiger partial charge in [-0.25, -0.2) is 9.07 Å². The van der Waals surface area contributed by atoms with Gasteiger partial charge in [-0.05, 0) is 23.3 Å². The first kappa shape index (κ1) is 18.5. The number of hydrogen-bond acceptors (Lipinski definition) is 4. The van der Waals surface area contributed by atoms with Crippen LogP contribution in [-0.4, -0.2) is 47.5 Å². The van der Waals surface area contributed by atoms with Crippen molar-refractivity contribution in [1.29, 1.82) is 0 Å². The van der Waals surface area contributed by atoms with Crippen LogP contribution >= 0.6 is 0 Å². The summed E-state index contributed by atoms with van der Waals surface area (Å²) in [5.41, 5.74) is 2.42. The molecule has 0 atom stereocenters. The lowest BCUT2D eigenvalue weighted by Crippen LogP contribution is -2.39. The predicted octanol–water partition coefficient (Wildman–Crippen LogP) is 3.05. The molecule has 4 rings (SSSR count). The van der Waals surface area contributed by atoms with Crippen molar-refractivity contribution in [3.8, 4) is 22.3 Å². The highest BCUT2D eigenvalue weighted by Crippen LogP contribution is 2.28. The minimum absolute atomic E-state index is 0.208. The van der Waals surface area contributed by atoms with Gasteiger partial charge in [-0.2, -0.15) is 5.10 Å². The Balaban J connectivity index is 1.74. The Morgan fingerprint density at radius 3 is 2.46 bits per heavy atom. The van der Waals surface area contributed by atoms with Crippen LogP contribution in [0.5, 0.6) is 0 Å². The van der Waals surface area contributed by atoms with Gasteiger partial charge in [-0.1, -0.05) is 42.5 Å². The topological polar surface area (TPSA) is 47.4 Å². The van der Waals surface area contributed by atoms with Crippen LogP contribution in [0.2, 0.25) is 0 Å². The Labute approximate surface area is 163 Å². The number of hydrogen-bond donors (Lipinski definition) is 0. The average molecular weight is 379 g/mol. The van der Waals surface area contributed by atoms with E-state index in [-0.39, 0.29) is 11.4 Å². The molecule has 0 N–H and O–H groups in total. The largest absolute Gasteiger partial charge is 0.379 e. The van der Waals surface area contributed by atoms with E-state index in [4.69, 9.17) is 4.74 Å². The third-order valence-electron chi connectivity index (χ3n) is 4.97. The molecule has 0 spiro atoms. The minimum Gasteiger partial charge on any atom is -0.379 e. The number of halogens is 1. The fraction of sp³-hybridized carbons (Fsp3) is 0.273. The molecule has 1 aliphatic heterocycles. The van der Waals surface area contributed by atoms with E-state index < -0.39 is 0 Å². The monoisotopic (exact) mass is 379 g/mol. The van der Waals surface area contributed by atoms with Gasteiger partial charge in [0, 0.05) is 25.2 Å². The molecular weight excluding hydrogens is 357 g/mol. The van der Waals surface area contributed by atoms with E-state index in [0.29, 0.717) is 36.4 Å². The highest BCUT2D eigenvalue weighted by atomic mass is 19.1. The van der Waals surface area contributed by atoms with Crippen LogP contribution in [0.3, 0.4) is 0 Å². The van der Waals surface area contributed by atoms with Gasteiger partial charge in [0.2, 0.25) is 0 Å². The van der Waals surface area contributed by atoms with Gasteiger partial charge in [0.15, 0.2) is 0 Å². The smallest absolute Gasteiger partial charge is 0.275 e. The molecule has 2 heterocycles. The standard InChI is InChI=1S/C22H22FN3O2/c23-19-8-4-7-18(15-19)21-20(17-5-2-1-3-6-17)16-24-26(22(21)27)10-9-25-11-13-28-14-12-25/h1-8,15-16H,9-14H2. The number of rotatable bonds is 5. The van der Waals surface area contributed by atoms with E-state index in [1.54, 1.807) is 18.3 Å². The number of aromatic nitrogens is 2. The molecular formula is C22H22FN3O2. The molecule has 0 radical (unpaired) electrons. The van der Waals surface area contributed by atoms with Crippen molar-refractivity contribution >= 4 is 0 Å². The summed E-state index contributed by atoms with van der Waals surface area (Å²) in [4.78, 5) is 15.5. The summed E-state index contributed by atoms with van der Waals surface area (Å²) in [6, 6.07) is 15.8. The van der Waals surface area contributed by atoms with Crippen LogP contribution in [-0.2, 0) is 11.3 Å². The summed E-state index contributed by atoms with van der Waals surface area (Å²) in [7, 11) is 0. The molecule has 0 amide bonds. The molecule has 1 aliphatic rings. The fourth-order valence-corrected chi connectivity index (χ4v) is 3.47. The maximum absolute atomic E-state index is 13.9. The van der Waals surface area contributed by atoms with Crippen LogP contribution in [0.25, 0.3) is 22.3 Å². The maximum Gasteiger partial charge on any atom is 0.275 e. The molecule has 1 saturated heterocycles. The first-order valence-corrected chi connectivity index (χ1v) is 9.44. The summed E-state index contributed by atoms with van der Waals surface area (Å²) in [5, 5.41) is 4.40. The summed E-state index contributed by atoms with van der Waals surface area (Å²) in [6.45, 7) is 4.34. The first-order chi connectivity index (χ1) is 13.7. The van der Waals surface area contributed by atoms with Gasteiger partial charge < -0.3 is 4.74 Å². The predicted molar refractivity (Wildman–Crippen MR) is 107 cm³/mol.